The van der Waals surface area contributed by atoms with Crippen molar-refractivity contribution in [3.63, 3.8) is 0 Å². The SMILES string of the molecule is C=Cc1cc(Oc2ccc(-c3ccc4nc(NCOC(C)=O)cnc4c3)cc2)cc(C#N)c1OCCC(F)(F)F. The molecule has 0 atom stereocenters. The van der Waals surface area contributed by atoms with E-state index in [9.17, 15) is 23.2 Å². The molecule has 204 valence electrons. The summed E-state index contributed by atoms with van der Waals surface area (Å²) in [5, 5.41) is 12.4. The van der Waals surface area contributed by atoms with Crippen LogP contribution in [-0.2, 0) is 9.53 Å². The number of nitriles is 1. The topological polar surface area (TPSA) is 106 Å². The molecule has 40 heavy (non-hydrogen) atoms. The zero-order valence-electron chi connectivity index (χ0n) is 21.3. The molecular formula is C29H23F3N4O4. The summed E-state index contributed by atoms with van der Waals surface area (Å²) in [6.07, 6.45) is -2.57. The lowest BCUT2D eigenvalue weighted by molar-refractivity contribution is -0.140. The Morgan fingerprint density at radius 2 is 1.82 bits per heavy atom. The Kier molecular flexibility index (Phi) is 8.49. The molecular weight excluding hydrogens is 525 g/mol. The molecule has 0 fully saturated rings. The normalized spacial score (nSPS) is 11.0. The number of benzene rings is 3. The second-order valence-electron chi connectivity index (χ2n) is 8.46. The zero-order valence-corrected chi connectivity index (χ0v) is 21.3. The van der Waals surface area contributed by atoms with Crippen LogP contribution in [-0.4, -0.2) is 35.5 Å². The summed E-state index contributed by atoms with van der Waals surface area (Å²) in [5.74, 6) is 0.889. The third-order valence-electron chi connectivity index (χ3n) is 5.56. The molecule has 0 spiro atoms. The van der Waals surface area contributed by atoms with Crippen LogP contribution in [0, 0.1) is 11.3 Å². The lowest BCUT2D eigenvalue weighted by atomic mass is 10.0. The van der Waals surface area contributed by atoms with Gasteiger partial charge < -0.3 is 19.5 Å². The monoisotopic (exact) mass is 548 g/mol. The summed E-state index contributed by atoms with van der Waals surface area (Å²) in [6, 6.07) is 17.7. The molecule has 0 bridgehead atoms. The van der Waals surface area contributed by atoms with Crippen LogP contribution in [0.1, 0.15) is 24.5 Å². The number of nitrogens with one attached hydrogen (secondary N) is 1. The fourth-order valence-corrected chi connectivity index (χ4v) is 3.69. The van der Waals surface area contributed by atoms with Gasteiger partial charge in [-0.1, -0.05) is 30.9 Å². The highest BCUT2D eigenvalue weighted by atomic mass is 19.4. The predicted octanol–water partition coefficient (Wildman–Crippen LogP) is 6.87. The molecule has 0 unspecified atom stereocenters. The van der Waals surface area contributed by atoms with E-state index in [1.54, 1.807) is 24.4 Å². The van der Waals surface area contributed by atoms with Gasteiger partial charge in [-0.05, 0) is 41.5 Å². The Balaban J connectivity index is 1.47. The number of nitrogens with zero attached hydrogens (tertiary/aromatic N) is 3. The predicted molar refractivity (Wildman–Crippen MR) is 143 cm³/mol. The van der Waals surface area contributed by atoms with Crippen LogP contribution in [0.5, 0.6) is 17.2 Å². The summed E-state index contributed by atoms with van der Waals surface area (Å²) in [7, 11) is 0. The summed E-state index contributed by atoms with van der Waals surface area (Å²) in [5.41, 5.74) is 3.51. The fourth-order valence-electron chi connectivity index (χ4n) is 3.69. The number of fused-ring (bicyclic) bond motifs is 1. The lowest BCUT2D eigenvalue weighted by Crippen LogP contribution is -2.13. The molecule has 8 nitrogen and oxygen atoms in total. The number of halogens is 3. The Labute approximate surface area is 227 Å². The minimum Gasteiger partial charge on any atom is -0.491 e. The molecule has 4 rings (SSSR count). The highest BCUT2D eigenvalue weighted by Crippen LogP contribution is 2.34. The number of aromatic nitrogens is 2. The van der Waals surface area contributed by atoms with E-state index in [0.717, 1.165) is 11.1 Å². The van der Waals surface area contributed by atoms with E-state index < -0.39 is 25.2 Å². The zero-order chi connectivity index (χ0) is 28.7. The maximum Gasteiger partial charge on any atom is 0.392 e. The van der Waals surface area contributed by atoms with E-state index >= 15 is 0 Å². The van der Waals surface area contributed by atoms with Gasteiger partial charge in [-0.2, -0.15) is 18.4 Å². The van der Waals surface area contributed by atoms with Gasteiger partial charge in [0.15, 0.2) is 6.73 Å². The molecule has 0 saturated carbocycles. The van der Waals surface area contributed by atoms with Gasteiger partial charge in [-0.3, -0.25) is 9.78 Å². The number of alkyl halides is 3. The Hall–Kier alpha value is -5.11. The minimum absolute atomic E-state index is 0.00533. The first-order chi connectivity index (χ1) is 19.1. The van der Waals surface area contributed by atoms with Crippen LogP contribution in [0.3, 0.4) is 0 Å². The molecule has 11 heteroatoms. The minimum atomic E-state index is -4.37. The third kappa shape index (κ3) is 7.26. The van der Waals surface area contributed by atoms with Crippen molar-refractivity contribution in [1.82, 2.24) is 9.97 Å². The van der Waals surface area contributed by atoms with Crippen molar-refractivity contribution in [1.29, 1.82) is 5.26 Å². The van der Waals surface area contributed by atoms with Crippen molar-refractivity contribution in [3.05, 3.63) is 78.5 Å². The van der Waals surface area contributed by atoms with Gasteiger partial charge >= 0.3 is 12.1 Å². The Morgan fingerprint density at radius 3 is 2.50 bits per heavy atom. The molecule has 0 aliphatic heterocycles. The molecule has 1 heterocycles. The molecule has 1 N–H and O–H groups in total. The average Bonchev–Trinajstić information content (AvgIpc) is 2.92. The van der Waals surface area contributed by atoms with Crippen LogP contribution in [0.15, 0.2) is 67.4 Å². The summed E-state index contributed by atoms with van der Waals surface area (Å²) in [4.78, 5) is 19.8. The first kappa shape index (κ1) is 27.9. The molecule has 0 aliphatic carbocycles. The van der Waals surface area contributed by atoms with Gasteiger partial charge in [0, 0.05) is 18.6 Å². The van der Waals surface area contributed by atoms with E-state index in [-0.39, 0.29) is 18.0 Å². The highest BCUT2D eigenvalue weighted by Gasteiger charge is 2.27. The number of esters is 1. The van der Waals surface area contributed by atoms with Gasteiger partial charge in [0.05, 0.1) is 35.8 Å². The smallest absolute Gasteiger partial charge is 0.392 e. The van der Waals surface area contributed by atoms with Crippen molar-refractivity contribution in [2.75, 3.05) is 18.7 Å². The van der Waals surface area contributed by atoms with Crippen molar-refractivity contribution < 1.29 is 32.2 Å². The number of carbonyl (C=O) groups is 1. The maximum absolute atomic E-state index is 12.5. The molecule has 0 amide bonds. The molecule has 0 aliphatic rings. The van der Waals surface area contributed by atoms with E-state index in [1.165, 1.54) is 19.1 Å². The summed E-state index contributed by atoms with van der Waals surface area (Å²) in [6.45, 7) is 4.36. The van der Waals surface area contributed by atoms with Crippen LogP contribution in [0.25, 0.3) is 28.2 Å². The van der Waals surface area contributed by atoms with Crippen molar-refractivity contribution >= 4 is 28.9 Å². The highest BCUT2D eigenvalue weighted by molar-refractivity contribution is 5.82. The largest absolute Gasteiger partial charge is 0.491 e. The van der Waals surface area contributed by atoms with Crippen molar-refractivity contribution in [2.24, 2.45) is 0 Å². The van der Waals surface area contributed by atoms with Gasteiger partial charge in [0.25, 0.3) is 0 Å². The van der Waals surface area contributed by atoms with E-state index in [0.29, 0.717) is 33.9 Å². The number of rotatable bonds is 10. The molecule has 0 saturated heterocycles. The number of hydrogen-bond acceptors (Lipinski definition) is 8. The van der Waals surface area contributed by atoms with Crippen LogP contribution >= 0.6 is 0 Å². The Bertz CT molecular complexity index is 1580. The van der Waals surface area contributed by atoms with Gasteiger partial charge in [-0.15, -0.1) is 0 Å². The number of ether oxygens (including phenoxy) is 3. The summed E-state index contributed by atoms with van der Waals surface area (Å²) < 4.78 is 53.5. The molecule has 0 radical (unpaired) electrons. The molecule has 3 aromatic carbocycles. The summed E-state index contributed by atoms with van der Waals surface area (Å²) >= 11 is 0. The quantitative estimate of drug-likeness (QED) is 0.169. The first-order valence-corrected chi connectivity index (χ1v) is 12.0. The first-order valence-electron chi connectivity index (χ1n) is 12.0. The van der Waals surface area contributed by atoms with Crippen LogP contribution < -0.4 is 14.8 Å². The second-order valence-corrected chi connectivity index (χ2v) is 8.46. The van der Waals surface area contributed by atoms with E-state index in [1.807, 2.05) is 36.4 Å². The van der Waals surface area contributed by atoms with Crippen LogP contribution in [0.2, 0.25) is 0 Å². The number of carbonyl (C=O) groups excluding carboxylic acids is 1. The van der Waals surface area contributed by atoms with Gasteiger partial charge in [0.2, 0.25) is 0 Å². The second kappa shape index (κ2) is 12.2. The van der Waals surface area contributed by atoms with Crippen molar-refractivity contribution in [2.45, 2.75) is 19.5 Å². The van der Waals surface area contributed by atoms with Gasteiger partial charge in [0.1, 0.15) is 29.1 Å². The standard InChI is InChI=1S/C29H23F3N4O4/c1-3-19-12-24(13-22(15-33)28(19)38-11-10-29(30,31)32)40-23-7-4-20(5-8-23)21-6-9-25-26(14-21)34-16-27(36-25)35-17-39-18(2)37/h3-9,12-14,16H,1,10-11,17H2,2H3,(H,35,36). The Morgan fingerprint density at radius 1 is 1.07 bits per heavy atom. The maximum atomic E-state index is 12.5. The number of anilines is 1. The van der Waals surface area contributed by atoms with Gasteiger partial charge in [-0.25, -0.2) is 4.98 Å². The number of hydrogen-bond donors (Lipinski definition) is 1. The fraction of sp³-hybridized carbons (Fsp3) is 0.172. The van der Waals surface area contributed by atoms with E-state index in [4.69, 9.17) is 14.2 Å². The van der Waals surface area contributed by atoms with Crippen molar-refractivity contribution in [3.8, 4) is 34.4 Å². The third-order valence-corrected chi connectivity index (χ3v) is 5.56. The van der Waals surface area contributed by atoms with Crippen LogP contribution in [0.4, 0.5) is 19.0 Å². The average molecular weight is 549 g/mol. The van der Waals surface area contributed by atoms with E-state index in [2.05, 4.69) is 21.9 Å². The molecule has 4 aromatic rings. The molecule has 1 aromatic heterocycles. The lowest BCUT2D eigenvalue weighted by Gasteiger charge is -2.14.